The molecule has 0 spiro atoms. The number of anilines is 1. The van der Waals surface area contributed by atoms with Crippen LogP contribution >= 0.6 is 11.8 Å². The van der Waals surface area contributed by atoms with Gasteiger partial charge >= 0.3 is 5.51 Å². The van der Waals surface area contributed by atoms with Gasteiger partial charge in [0.25, 0.3) is 10.0 Å². The van der Waals surface area contributed by atoms with Crippen LogP contribution in [0.5, 0.6) is 11.5 Å². The first kappa shape index (κ1) is 31.4. The van der Waals surface area contributed by atoms with Gasteiger partial charge in [-0.15, -0.1) is 0 Å². The fraction of sp³-hybridized carbons (Fsp3) is 0.182. The maximum atomic E-state index is 14.4. The molecule has 3 aromatic heterocycles. The molecule has 0 aliphatic heterocycles. The summed E-state index contributed by atoms with van der Waals surface area (Å²) in [5, 5.41) is 4.59. The molecular weight excluding hydrogens is 638 g/mol. The summed E-state index contributed by atoms with van der Waals surface area (Å²) < 4.78 is 81.3. The molecule has 13 heteroatoms. The number of aromatic nitrogens is 3. The van der Waals surface area contributed by atoms with Crippen molar-refractivity contribution in [3.05, 3.63) is 96.3 Å². The minimum Gasteiger partial charge on any atom is -0.493 e. The Bertz CT molecular complexity index is 2170. The number of ether oxygens (including phenoxy) is 2. The molecule has 6 rings (SSSR count). The van der Waals surface area contributed by atoms with E-state index in [2.05, 4.69) is 10.3 Å². The van der Waals surface area contributed by atoms with E-state index in [1.54, 1.807) is 61.8 Å². The van der Waals surface area contributed by atoms with E-state index in [9.17, 15) is 21.6 Å². The number of hydrogen-bond acceptors (Lipinski definition) is 7. The summed E-state index contributed by atoms with van der Waals surface area (Å²) in [6.07, 6.45) is 3.40. The highest BCUT2D eigenvalue weighted by Gasteiger charge is 2.30. The van der Waals surface area contributed by atoms with Gasteiger partial charge in [0, 0.05) is 59.0 Å². The fourth-order valence-corrected chi connectivity index (χ4v) is 7.43. The molecule has 0 atom stereocenters. The maximum absolute atomic E-state index is 14.4. The van der Waals surface area contributed by atoms with Crippen LogP contribution in [0.3, 0.4) is 0 Å². The number of thioether (sulfide) groups is 1. The number of nitrogens with one attached hydrogen (secondary N) is 1. The summed E-state index contributed by atoms with van der Waals surface area (Å²) in [7, 11) is 0.822. The highest BCUT2D eigenvalue weighted by molar-refractivity contribution is 8.00. The van der Waals surface area contributed by atoms with Gasteiger partial charge < -0.3 is 19.4 Å². The summed E-state index contributed by atoms with van der Waals surface area (Å²) in [6, 6.07) is 19.8. The van der Waals surface area contributed by atoms with E-state index in [-0.39, 0.29) is 33.7 Å². The molecule has 0 fully saturated rings. The van der Waals surface area contributed by atoms with Crippen molar-refractivity contribution in [3.63, 3.8) is 0 Å². The first-order valence-electron chi connectivity index (χ1n) is 14.0. The van der Waals surface area contributed by atoms with Gasteiger partial charge in [-0.1, -0.05) is 17.7 Å². The maximum Gasteiger partial charge on any atom is 0.446 e. The van der Waals surface area contributed by atoms with Crippen LogP contribution in [-0.4, -0.2) is 41.7 Å². The minimum absolute atomic E-state index is 0.0803. The zero-order valence-corrected chi connectivity index (χ0v) is 26.8. The van der Waals surface area contributed by atoms with E-state index >= 15 is 0 Å². The number of hydrogen-bond donors (Lipinski definition) is 1. The number of benzene rings is 3. The Kier molecular flexibility index (Phi) is 8.15. The second-order valence-corrected chi connectivity index (χ2v) is 13.5. The number of rotatable bonds is 9. The number of aryl methyl sites for hydroxylation is 2. The zero-order chi connectivity index (χ0) is 32.8. The molecular formula is C33H29F3N4O4S2. The summed E-state index contributed by atoms with van der Waals surface area (Å²) in [5.74, 6) is 1.03. The zero-order valence-electron chi connectivity index (χ0n) is 25.2. The molecule has 8 nitrogen and oxygen atoms in total. The first-order valence-corrected chi connectivity index (χ1v) is 16.3. The lowest BCUT2D eigenvalue weighted by Crippen LogP contribution is -2.15. The van der Waals surface area contributed by atoms with E-state index in [1.165, 1.54) is 23.2 Å². The molecule has 238 valence electrons. The summed E-state index contributed by atoms with van der Waals surface area (Å²) in [4.78, 5) is 4.73. The Balaban J connectivity index is 1.51. The predicted molar refractivity (Wildman–Crippen MR) is 174 cm³/mol. The van der Waals surface area contributed by atoms with Gasteiger partial charge in [0.05, 0.1) is 30.3 Å². The lowest BCUT2D eigenvalue weighted by molar-refractivity contribution is -0.0328. The highest BCUT2D eigenvalue weighted by atomic mass is 32.2. The van der Waals surface area contributed by atoms with Crippen molar-refractivity contribution in [2.45, 2.75) is 28.8 Å². The summed E-state index contributed by atoms with van der Waals surface area (Å²) in [5.41, 5.74) is -0.00373. The van der Waals surface area contributed by atoms with Gasteiger partial charge in [-0.25, -0.2) is 17.4 Å². The predicted octanol–water partition coefficient (Wildman–Crippen LogP) is 7.98. The van der Waals surface area contributed by atoms with Gasteiger partial charge in [-0.2, -0.15) is 13.2 Å². The Morgan fingerprint density at radius 3 is 2.24 bits per heavy atom. The van der Waals surface area contributed by atoms with Crippen LogP contribution in [0.4, 0.5) is 18.9 Å². The third kappa shape index (κ3) is 5.87. The van der Waals surface area contributed by atoms with Gasteiger partial charge in [-0.3, -0.25) is 0 Å². The fourth-order valence-electron chi connectivity index (χ4n) is 5.41. The Labute approximate surface area is 267 Å². The molecule has 3 aromatic carbocycles. The summed E-state index contributed by atoms with van der Waals surface area (Å²) in [6.45, 7) is 2.15. The van der Waals surface area contributed by atoms with E-state index in [1.807, 2.05) is 36.9 Å². The number of nitrogens with zero attached hydrogens (tertiary/aromatic N) is 3. The summed E-state index contributed by atoms with van der Waals surface area (Å²) >= 11 is -0.176. The Hall–Kier alpha value is -4.62. The monoisotopic (exact) mass is 666 g/mol. The van der Waals surface area contributed by atoms with Crippen LogP contribution in [0.25, 0.3) is 33.2 Å². The van der Waals surface area contributed by atoms with Crippen molar-refractivity contribution >= 4 is 49.4 Å². The molecule has 0 amide bonds. The van der Waals surface area contributed by atoms with Crippen LogP contribution in [0.15, 0.2) is 95.0 Å². The third-order valence-corrected chi connectivity index (χ3v) is 10.1. The highest BCUT2D eigenvalue weighted by Crippen LogP contribution is 2.41. The van der Waals surface area contributed by atoms with Crippen molar-refractivity contribution in [1.29, 1.82) is 0 Å². The molecule has 1 N–H and O–H groups in total. The molecule has 6 aromatic rings. The molecule has 0 saturated heterocycles. The second-order valence-electron chi connectivity index (χ2n) is 10.6. The Morgan fingerprint density at radius 1 is 0.913 bits per heavy atom. The molecule has 0 radical (unpaired) electrons. The van der Waals surface area contributed by atoms with Gasteiger partial charge in [0.2, 0.25) is 0 Å². The SMILES string of the molecule is COc1cc2c(-c3cc4c(CNc5ccc(SC(F)(F)F)cc5)ccnc4n3S(=O)(=O)c3ccc(C)cc3)cn(C)c2cc1OC. The van der Waals surface area contributed by atoms with Crippen molar-refractivity contribution in [1.82, 2.24) is 13.5 Å². The van der Waals surface area contributed by atoms with Crippen LogP contribution < -0.4 is 14.8 Å². The lowest BCUT2D eigenvalue weighted by atomic mass is 10.1. The molecule has 0 aliphatic carbocycles. The van der Waals surface area contributed by atoms with Crippen molar-refractivity contribution < 1.29 is 31.1 Å². The smallest absolute Gasteiger partial charge is 0.446 e. The van der Waals surface area contributed by atoms with Gasteiger partial charge in [-0.05, 0) is 78.8 Å². The van der Waals surface area contributed by atoms with Crippen LogP contribution in [-0.2, 0) is 23.6 Å². The van der Waals surface area contributed by atoms with Crippen molar-refractivity contribution in [3.8, 4) is 22.8 Å². The van der Waals surface area contributed by atoms with Crippen LogP contribution in [0, 0.1) is 6.92 Å². The van der Waals surface area contributed by atoms with E-state index in [0.717, 1.165) is 22.0 Å². The molecule has 0 bridgehead atoms. The van der Waals surface area contributed by atoms with E-state index in [4.69, 9.17) is 9.47 Å². The second kappa shape index (κ2) is 12.0. The number of alkyl halides is 3. The molecule has 3 heterocycles. The average molecular weight is 667 g/mol. The lowest BCUT2D eigenvalue weighted by Gasteiger charge is -2.13. The van der Waals surface area contributed by atoms with E-state index in [0.29, 0.717) is 33.8 Å². The average Bonchev–Trinajstić information content (AvgIpc) is 3.57. The third-order valence-electron chi connectivity index (χ3n) is 7.65. The molecule has 0 aliphatic rings. The minimum atomic E-state index is -4.37. The number of methoxy groups -OCH3 is 2. The van der Waals surface area contributed by atoms with Gasteiger partial charge in [0.1, 0.15) is 0 Å². The van der Waals surface area contributed by atoms with Crippen LogP contribution in [0.1, 0.15) is 11.1 Å². The first-order chi connectivity index (χ1) is 21.9. The largest absolute Gasteiger partial charge is 0.493 e. The number of fused-ring (bicyclic) bond motifs is 2. The standard InChI is InChI=1S/C33H29F3N4O4S2/c1-20-5-11-24(12-6-20)46(41,42)40-29(27-19-39(2)28-17-31(44-4)30(43-3)16-26(27)28)15-25-21(13-14-37-32(25)40)18-38-22-7-9-23(10-8-22)45-33(34,35)36/h5-17,19,38H,18H2,1-4H3. The quantitative estimate of drug-likeness (QED) is 0.157. The van der Waals surface area contributed by atoms with E-state index < -0.39 is 15.5 Å². The van der Waals surface area contributed by atoms with Gasteiger partial charge in [0.15, 0.2) is 17.1 Å². The normalized spacial score (nSPS) is 12.2. The molecule has 0 unspecified atom stereocenters. The van der Waals surface area contributed by atoms with Crippen molar-refractivity contribution in [2.75, 3.05) is 19.5 Å². The molecule has 0 saturated carbocycles. The Morgan fingerprint density at radius 2 is 1.59 bits per heavy atom. The topological polar surface area (TPSA) is 87.4 Å². The van der Waals surface area contributed by atoms with Crippen LogP contribution in [0.2, 0.25) is 0 Å². The number of halogens is 3. The molecule has 46 heavy (non-hydrogen) atoms. The number of pyridine rings is 1. The van der Waals surface area contributed by atoms with Crippen molar-refractivity contribution in [2.24, 2.45) is 7.05 Å².